The molecule has 134 valence electrons. The maximum Gasteiger partial charge on any atom is 0.252 e. The third-order valence-electron chi connectivity index (χ3n) is 3.75. The Bertz CT molecular complexity index is 671. The largest absolute Gasteiger partial charge is 0.496 e. The molecule has 1 aromatic carbocycles. The molecule has 1 amide bonds. The lowest BCUT2D eigenvalue weighted by atomic mass is 10.2. The molecule has 2 rings (SSSR count). The molecule has 0 radical (unpaired) electrons. The Morgan fingerprint density at radius 1 is 1.20 bits per heavy atom. The molecule has 0 bridgehead atoms. The minimum atomic E-state index is -0.0949. The van der Waals surface area contributed by atoms with Gasteiger partial charge in [0.05, 0.1) is 12.7 Å². The second kappa shape index (κ2) is 9.64. The molecule has 2 aromatic rings. The first-order valence-corrected chi connectivity index (χ1v) is 8.35. The molecule has 0 spiro atoms. The summed E-state index contributed by atoms with van der Waals surface area (Å²) < 4.78 is 5.33. The van der Waals surface area contributed by atoms with Crippen LogP contribution in [0.25, 0.3) is 0 Å². The lowest BCUT2D eigenvalue weighted by molar-refractivity contribution is 0.0952. The van der Waals surface area contributed by atoms with Crippen molar-refractivity contribution in [3.63, 3.8) is 0 Å². The van der Waals surface area contributed by atoms with Crippen LogP contribution in [-0.4, -0.2) is 50.1 Å². The number of methoxy groups -OCH3 is 1. The third kappa shape index (κ3) is 6.08. The summed E-state index contributed by atoms with van der Waals surface area (Å²) in [5.74, 6) is 1.46. The number of aromatic nitrogens is 1. The molecule has 2 N–H and O–H groups in total. The highest BCUT2D eigenvalue weighted by Gasteiger charge is 2.06. The van der Waals surface area contributed by atoms with Gasteiger partial charge in [-0.15, -0.1) is 0 Å². The number of carbonyl (C=O) groups excluding carboxylic acids is 1. The van der Waals surface area contributed by atoms with E-state index in [1.165, 1.54) is 0 Å². The van der Waals surface area contributed by atoms with Crippen LogP contribution < -0.4 is 15.4 Å². The van der Waals surface area contributed by atoms with E-state index in [1.54, 1.807) is 19.4 Å². The van der Waals surface area contributed by atoms with E-state index in [0.717, 1.165) is 30.1 Å². The Morgan fingerprint density at radius 3 is 2.68 bits per heavy atom. The molecule has 0 atom stereocenters. The van der Waals surface area contributed by atoms with Crippen molar-refractivity contribution in [3.8, 4) is 5.75 Å². The number of para-hydroxylation sites is 1. The Labute approximate surface area is 149 Å². The molecule has 0 aliphatic carbocycles. The highest BCUT2D eigenvalue weighted by Crippen LogP contribution is 2.18. The summed E-state index contributed by atoms with van der Waals surface area (Å²) in [7, 11) is 5.69. The maximum absolute atomic E-state index is 12.1. The van der Waals surface area contributed by atoms with Crippen LogP contribution in [0.4, 0.5) is 5.82 Å². The van der Waals surface area contributed by atoms with E-state index in [1.807, 2.05) is 44.4 Å². The van der Waals surface area contributed by atoms with Gasteiger partial charge in [0.25, 0.3) is 5.91 Å². The smallest absolute Gasteiger partial charge is 0.252 e. The Balaban J connectivity index is 1.84. The fraction of sp³-hybridized carbons (Fsp3) is 0.368. The van der Waals surface area contributed by atoms with Crippen molar-refractivity contribution in [2.75, 3.05) is 39.6 Å². The molecule has 6 nitrogen and oxygen atoms in total. The van der Waals surface area contributed by atoms with E-state index in [4.69, 9.17) is 4.74 Å². The van der Waals surface area contributed by atoms with Gasteiger partial charge in [-0.05, 0) is 45.3 Å². The predicted molar refractivity (Wildman–Crippen MR) is 100 cm³/mol. The van der Waals surface area contributed by atoms with Crippen LogP contribution in [-0.2, 0) is 6.54 Å². The van der Waals surface area contributed by atoms with Gasteiger partial charge in [-0.25, -0.2) is 4.98 Å². The fourth-order valence-corrected chi connectivity index (χ4v) is 2.37. The number of benzene rings is 1. The maximum atomic E-state index is 12.1. The number of pyridine rings is 1. The first-order valence-electron chi connectivity index (χ1n) is 8.35. The van der Waals surface area contributed by atoms with Crippen molar-refractivity contribution < 1.29 is 9.53 Å². The van der Waals surface area contributed by atoms with E-state index in [9.17, 15) is 4.79 Å². The van der Waals surface area contributed by atoms with Gasteiger partial charge in [0.2, 0.25) is 0 Å². The first kappa shape index (κ1) is 18.7. The molecule has 0 unspecified atom stereocenters. The molecule has 1 heterocycles. The number of hydrogen-bond donors (Lipinski definition) is 2. The summed E-state index contributed by atoms with van der Waals surface area (Å²) in [4.78, 5) is 18.5. The Kier molecular flexibility index (Phi) is 7.22. The van der Waals surface area contributed by atoms with Gasteiger partial charge in [0.1, 0.15) is 11.6 Å². The summed E-state index contributed by atoms with van der Waals surface area (Å²) in [6.45, 7) is 2.21. The number of hydrogen-bond acceptors (Lipinski definition) is 5. The van der Waals surface area contributed by atoms with Gasteiger partial charge in [-0.2, -0.15) is 0 Å². The van der Waals surface area contributed by atoms with Crippen molar-refractivity contribution in [2.45, 2.75) is 13.0 Å². The van der Waals surface area contributed by atoms with Crippen LogP contribution in [0.3, 0.4) is 0 Å². The zero-order valence-electron chi connectivity index (χ0n) is 15.1. The SMILES string of the molecule is COc1ccccc1CNc1ccc(C(=O)NCCCN(C)C)cn1. The lowest BCUT2D eigenvalue weighted by Gasteiger charge is -2.11. The second-order valence-corrected chi connectivity index (χ2v) is 6.01. The van der Waals surface area contributed by atoms with Crippen molar-refractivity contribution >= 4 is 11.7 Å². The monoisotopic (exact) mass is 342 g/mol. The van der Waals surface area contributed by atoms with Crippen LogP contribution in [0.5, 0.6) is 5.75 Å². The van der Waals surface area contributed by atoms with Crippen molar-refractivity contribution in [1.29, 1.82) is 0 Å². The van der Waals surface area contributed by atoms with E-state index >= 15 is 0 Å². The van der Waals surface area contributed by atoms with Crippen LogP contribution in [0.15, 0.2) is 42.6 Å². The van der Waals surface area contributed by atoms with Gasteiger partial charge in [-0.3, -0.25) is 4.79 Å². The highest BCUT2D eigenvalue weighted by atomic mass is 16.5. The van der Waals surface area contributed by atoms with Crippen LogP contribution in [0, 0.1) is 0 Å². The van der Waals surface area contributed by atoms with E-state index < -0.39 is 0 Å². The zero-order chi connectivity index (χ0) is 18.1. The molecule has 0 saturated carbocycles. The third-order valence-corrected chi connectivity index (χ3v) is 3.75. The summed E-state index contributed by atoms with van der Waals surface area (Å²) >= 11 is 0. The normalized spacial score (nSPS) is 10.6. The molecule has 0 aliphatic heterocycles. The average Bonchev–Trinajstić information content (AvgIpc) is 2.64. The van der Waals surface area contributed by atoms with Crippen molar-refractivity contribution in [3.05, 3.63) is 53.7 Å². The molecular weight excluding hydrogens is 316 g/mol. The van der Waals surface area contributed by atoms with E-state index in [2.05, 4.69) is 20.5 Å². The summed E-state index contributed by atoms with van der Waals surface area (Å²) in [5, 5.41) is 6.14. The summed E-state index contributed by atoms with van der Waals surface area (Å²) in [6.07, 6.45) is 2.51. The standard InChI is InChI=1S/C19H26N4O2/c1-23(2)12-6-11-20-19(24)16-9-10-18(22-14-16)21-13-15-7-4-5-8-17(15)25-3/h4-5,7-10,14H,6,11-13H2,1-3H3,(H,20,24)(H,21,22). The Hall–Kier alpha value is -2.60. The highest BCUT2D eigenvalue weighted by molar-refractivity contribution is 5.94. The number of nitrogens with one attached hydrogen (secondary N) is 2. The number of amides is 1. The number of nitrogens with zero attached hydrogens (tertiary/aromatic N) is 2. The molecule has 25 heavy (non-hydrogen) atoms. The molecular formula is C19H26N4O2. The van der Waals surface area contributed by atoms with E-state index in [0.29, 0.717) is 18.7 Å². The minimum Gasteiger partial charge on any atom is -0.496 e. The van der Waals surface area contributed by atoms with Crippen molar-refractivity contribution in [1.82, 2.24) is 15.2 Å². The number of rotatable bonds is 9. The second-order valence-electron chi connectivity index (χ2n) is 6.01. The molecule has 0 fully saturated rings. The quantitative estimate of drug-likeness (QED) is 0.685. The van der Waals surface area contributed by atoms with Gasteiger partial charge >= 0.3 is 0 Å². The Morgan fingerprint density at radius 2 is 2.00 bits per heavy atom. The van der Waals surface area contributed by atoms with Gasteiger partial charge in [-0.1, -0.05) is 18.2 Å². The lowest BCUT2D eigenvalue weighted by Crippen LogP contribution is -2.27. The molecule has 0 aliphatic rings. The average molecular weight is 342 g/mol. The molecule has 1 aromatic heterocycles. The van der Waals surface area contributed by atoms with E-state index in [-0.39, 0.29) is 5.91 Å². The zero-order valence-corrected chi connectivity index (χ0v) is 15.1. The predicted octanol–water partition coefficient (Wildman–Crippen LogP) is 2.38. The number of anilines is 1. The van der Waals surface area contributed by atoms with Gasteiger partial charge in [0.15, 0.2) is 0 Å². The number of carbonyl (C=O) groups is 1. The van der Waals surface area contributed by atoms with Crippen LogP contribution in [0.1, 0.15) is 22.3 Å². The first-order chi connectivity index (χ1) is 12.1. The molecule has 0 saturated heterocycles. The fourth-order valence-electron chi connectivity index (χ4n) is 2.37. The number of ether oxygens (including phenoxy) is 1. The topological polar surface area (TPSA) is 66.5 Å². The van der Waals surface area contributed by atoms with Crippen LogP contribution >= 0.6 is 0 Å². The summed E-state index contributed by atoms with van der Waals surface area (Å²) in [5.41, 5.74) is 1.61. The van der Waals surface area contributed by atoms with Gasteiger partial charge < -0.3 is 20.3 Å². The van der Waals surface area contributed by atoms with Crippen LogP contribution in [0.2, 0.25) is 0 Å². The van der Waals surface area contributed by atoms with Crippen molar-refractivity contribution in [2.24, 2.45) is 0 Å². The summed E-state index contributed by atoms with van der Waals surface area (Å²) in [6, 6.07) is 11.4. The molecule has 6 heteroatoms. The van der Waals surface area contributed by atoms with Gasteiger partial charge in [0, 0.05) is 24.8 Å². The minimum absolute atomic E-state index is 0.0949.